The minimum atomic E-state index is -1.45. The molecule has 0 bridgehead atoms. The number of hydrogen-bond acceptors (Lipinski definition) is 4. The van der Waals surface area contributed by atoms with E-state index in [2.05, 4.69) is 20.8 Å². The number of rotatable bonds is 5. The van der Waals surface area contributed by atoms with Crippen LogP contribution in [0.5, 0.6) is 11.5 Å². The summed E-state index contributed by atoms with van der Waals surface area (Å²) in [6, 6.07) is 13.6. The van der Waals surface area contributed by atoms with E-state index in [4.69, 9.17) is 13.9 Å². The van der Waals surface area contributed by atoms with Crippen molar-refractivity contribution in [3.63, 3.8) is 0 Å². The average Bonchev–Trinajstić information content (AvgIpc) is 3.14. The third kappa shape index (κ3) is 5.60. The van der Waals surface area contributed by atoms with E-state index in [1.54, 1.807) is 12.0 Å². The number of nitrogens with zero attached hydrogens (tertiary/aromatic N) is 2. The first-order chi connectivity index (χ1) is 17.7. The van der Waals surface area contributed by atoms with Gasteiger partial charge < -0.3 is 19.5 Å². The Bertz CT molecular complexity index is 1240. The third-order valence-electron chi connectivity index (χ3n) is 7.69. The van der Waals surface area contributed by atoms with Gasteiger partial charge in [0.15, 0.2) is 0 Å². The zero-order valence-electron chi connectivity index (χ0n) is 23.5. The highest BCUT2D eigenvalue weighted by molar-refractivity contribution is 7.85. The third-order valence-corrected chi connectivity index (χ3v) is 9.09. The highest BCUT2D eigenvalue weighted by Gasteiger charge is 2.52. The van der Waals surface area contributed by atoms with Crippen LogP contribution in [0.2, 0.25) is 0 Å². The molecule has 7 nitrogen and oxygen atoms in total. The van der Waals surface area contributed by atoms with Crippen LogP contribution in [0.15, 0.2) is 46.9 Å². The Hall–Kier alpha value is -2.87. The van der Waals surface area contributed by atoms with Crippen LogP contribution in [-0.4, -0.2) is 50.5 Å². The molecular weight excluding hydrogens is 500 g/mol. The van der Waals surface area contributed by atoms with Gasteiger partial charge >= 0.3 is 6.09 Å². The van der Waals surface area contributed by atoms with Crippen LogP contribution in [-0.2, 0) is 24.0 Å². The van der Waals surface area contributed by atoms with Crippen molar-refractivity contribution in [2.24, 2.45) is 15.2 Å². The molecule has 1 aliphatic heterocycles. The molecule has 206 valence electrons. The second-order valence-corrected chi connectivity index (χ2v) is 14.4. The second-order valence-electron chi connectivity index (χ2n) is 12.5. The quantitative estimate of drug-likeness (QED) is 0.484. The molecule has 38 heavy (non-hydrogen) atoms. The fourth-order valence-corrected chi connectivity index (χ4v) is 6.24. The molecule has 4 rings (SSSR count). The number of hydrogen-bond donors (Lipinski definition) is 1. The van der Waals surface area contributed by atoms with Gasteiger partial charge in [-0.05, 0) is 69.2 Å². The van der Waals surface area contributed by atoms with Gasteiger partial charge in [0.05, 0.1) is 17.6 Å². The minimum Gasteiger partial charge on any atom is -0.497 e. The van der Waals surface area contributed by atoms with Gasteiger partial charge in [0.2, 0.25) is 0 Å². The normalized spacial score (nSPS) is 23.4. The number of benzene rings is 2. The Morgan fingerprint density at radius 3 is 2.39 bits per heavy atom. The van der Waals surface area contributed by atoms with E-state index in [-0.39, 0.29) is 11.5 Å². The number of piperidine rings is 1. The number of methoxy groups -OCH3 is 1. The van der Waals surface area contributed by atoms with E-state index < -0.39 is 27.2 Å². The zero-order valence-corrected chi connectivity index (χ0v) is 24.4. The van der Waals surface area contributed by atoms with Crippen molar-refractivity contribution < 1.29 is 23.6 Å². The second kappa shape index (κ2) is 10.4. The van der Waals surface area contributed by atoms with Gasteiger partial charge in [0.25, 0.3) is 0 Å². The lowest BCUT2D eigenvalue weighted by Crippen LogP contribution is -2.56. The number of fused-ring (bicyclic) bond motifs is 1. The molecule has 0 saturated carbocycles. The number of amides is 1. The van der Waals surface area contributed by atoms with Crippen LogP contribution >= 0.6 is 0 Å². The Morgan fingerprint density at radius 2 is 1.82 bits per heavy atom. The smallest absolute Gasteiger partial charge is 0.407 e. The molecule has 1 fully saturated rings. The van der Waals surface area contributed by atoms with Crippen molar-refractivity contribution >= 4 is 22.8 Å². The van der Waals surface area contributed by atoms with Crippen molar-refractivity contribution in [2.75, 3.05) is 13.7 Å². The molecule has 0 radical (unpaired) electrons. The molecule has 1 spiro atoms. The monoisotopic (exact) mass is 540 g/mol. The molecule has 1 N–H and O–H groups in total. The zero-order chi connectivity index (χ0) is 27.9. The largest absolute Gasteiger partial charge is 0.497 e. The van der Waals surface area contributed by atoms with Crippen molar-refractivity contribution in [3.05, 3.63) is 59.2 Å². The van der Waals surface area contributed by atoms with E-state index in [0.717, 1.165) is 33.9 Å². The molecule has 1 heterocycles. The van der Waals surface area contributed by atoms with Crippen LogP contribution in [0.25, 0.3) is 0 Å². The van der Waals surface area contributed by atoms with E-state index in [1.807, 2.05) is 63.2 Å². The summed E-state index contributed by atoms with van der Waals surface area (Å²) in [6.07, 6.45) is 1.03. The van der Waals surface area contributed by atoms with Crippen molar-refractivity contribution in [3.8, 4) is 11.5 Å². The summed E-state index contributed by atoms with van der Waals surface area (Å²) in [6.45, 7) is 12.9. The van der Waals surface area contributed by atoms with E-state index in [1.165, 1.54) is 0 Å². The standard InChI is InChI=1S/C30H40N2O5S/c1-28(2,3)25-18-30(15-16-32(25)27(33)34)17-23-22(26(30)31-38(35)29(4,5)6)9-8-10-24(23)37-19-20-11-13-21(36-7)14-12-20/h8-14,25H,15-19H2,1-7H3,(H,33,34)/b31-26+/t25-,30?,38?/m1/s1. The number of likely N-dealkylation sites (tertiary alicyclic amines) is 1. The predicted molar refractivity (Wildman–Crippen MR) is 152 cm³/mol. The van der Waals surface area contributed by atoms with E-state index >= 15 is 0 Å². The summed E-state index contributed by atoms with van der Waals surface area (Å²) in [5.41, 5.74) is 3.21. The molecule has 2 unspecified atom stereocenters. The lowest BCUT2D eigenvalue weighted by atomic mass is 9.67. The summed E-state index contributed by atoms with van der Waals surface area (Å²) < 4.78 is 29.3. The van der Waals surface area contributed by atoms with Gasteiger partial charge in [-0.2, -0.15) is 4.40 Å². The molecule has 2 aromatic rings. The number of carbonyl (C=O) groups is 1. The topological polar surface area (TPSA) is 88.4 Å². The predicted octanol–water partition coefficient (Wildman–Crippen LogP) is 6.26. The highest BCUT2D eigenvalue weighted by Crippen LogP contribution is 2.52. The maximum absolute atomic E-state index is 13.3. The van der Waals surface area contributed by atoms with Gasteiger partial charge in [-0.3, -0.25) is 0 Å². The molecule has 8 heteroatoms. The molecule has 1 saturated heterocycles. The molecule has 3 atom stereocenters. The fourth-order valence-electron chi connectivity index (χ4n) is 5.51. The van der Waals surface area contributed by atoms with Crippen molar-refractivity contribution in [1.29, 1.82) is 0 Å². The Balaban J connectivity index is 1.74. The summed E-state index contributed by atoms with van der Waals surface area (Å²) >= 11 is 0. The first kappa shape index (κ1) is 28.1. The molecule has 1 amide bonds. The molecule has 2 aliphatic rings. The van der Waals surface area contributed by atoms with Crippen LogP contribution in [0, 0.1) is 10.8 Å². The maximum atomic E-state index is 13.3. The Labute approximate surface area is 228 Å². The minimum absolute atomic E-state index is 0.194. The summed E-state index contributed by atoms with van der Waals surface area (Å²) in [4.78, 5) is 13.7. The van der Waals surface area contributed by atoms with Crippen molar-refractivity contribution in [2.45, 2.75) is 78.2 Å². The van der Waals surface area contributed by atoms with Gasteiger partial charge in [0.1, 0.15) is 29.1 Å². The first-order valence-corrected chi connectivity index (χ1v) is 14.2. The summed E-state index contributed by atoms with van der Waals surface area (Å²) in [7, 11) is 0.194. The SMILES string of the molecule is COc1ccc(COc2cccc3c2CC2(CCN(C(=O)O)[C@@H](C(C)(C)C)C2)/C3=N/S(=O)C(C)(C)C)cc1. The molecule has 1 aliphatic carbocycles. The average molecular weight is 541 g/mol. The number of carboxylic acid groups (broad SMARTS) is 1. The van der Waals surface area contributed by atoms with Crippen LogP contribution < -0.4 is 9.47 Å². The number of ether oxygens (including phenoxy) is 2. The summed E-state index contributed by atoms with van der Waals surface area (Å²) in [5, 5.41) is 9.97. The highest BCUT2D eigenvalue weighted by atomic mass is 32.2. The lowest BCUT2D eigenvalue weighted by Gasteiger charge is -2.49. The van der Waals surface area contributed by atoms with Gasteiger partial charge in [0, 0.05) is 29.1 Å². The first-order valence-electron chi connectivity index (χ1n) is 13.1. The van der Waals surface area contributed by atoms with Gasteiger partial charge in [-0.25, -0.2) is 9.00 Å². The fraction of sp³-hybridized carbons (Fsp3) is 0.533. The van der Waals surface area contributed by atoms with E-state index in [0.29, 0.717) is 32.4 Å². The molecular formula is C30H40N2O5S. The molecule has 0 aromatic heterocycles. The molecule has 2 aromatic carbocycles. The van der Waals surface area contributed by atoms with Crippen LogP contribution in [0.3, 0.4) is 0 Å². The Morgan fingerprint density at radius 1 is 1.13 bits per heavy atom. The van der Waals surface area contributed by atoms with Crippen molar-refractivity contribution in [1.82, 2.24) is 4.90 Å². The van der Waals surface area contributed by atoms with Gasteiger partial charge in [-0.15, -0.1) is 0 Å². The summed E-state index contributed by atoms with van der Waals surface area (Å²) in [5.74, 6) is 1.59. The Kier molecular flexibility index (Phi) is 7.67. The maximum Gasteiger partial charge on any atom is 0.407 e. The van der Waals surface area contributed by atoms with Crippen LogP contribution in [0.4, 0.5) is 4.79 Å². The van der Waals surface area contributed by atoms with Crippen LogP contribution in [0.1, 0.15) is 71.1 Å². The van der Waals surface area contributed by atoms with Gasteiger partial charge in [-0.1, -0.05) is 45.0 Å². The lowest BCUT2D eigenvalue weighted by molar-refractivity contribution is 0.0277. The van der Waals surface area contributed by atoms with E-state index in [9.17, 15) is 14.1 Å².